The Balaban J connectivity index is 0.000000184. The number of aryl methyl sites for hydroxylation is 4. The van der Waals surface area contributed by atoms with Crippen molar-refractivity contribution in [3.8, 4) is 0 Å². The zero-order chi connectivity index (χ0) is 13.4. The molecule has 0 N–H and O–H groups in total. The van der Waals surface area contributed by atoms with Gasteiger partial charge in [0.1, 0.15) is 0 Å². The Morgan fingerprint density at radius 2 is 1.00 bits per heavy atom. The molecular weight excluding hydrogens is 224 g/mol. The number of aromatic nitrogens is 4. The van der Waals surface area contributed by atoms with Gasteiger partial charge in [-0.05, 0) is 26.7 Å². The van der Waals surface area contributed by atoms with Crippen molar-refractivity contribution in [2.24, 2.45) is 0 Å². The molecule has 0 aliphatic heterocycles. The van der Waals surface area contributed by atoms with Crippen LogP contribution in [0, 0.1) is 13.8 Å². The second kappa shape index (κ2) is 7.48. The lowest BCUT2D eigenvalue weighted by molar-refractivity contribution is 0.904. The fourth-order valence-electron chi connectivity index (χ4n) is 1.46. The van der Waals surface area contributed by atoms with Crippen molar-refractivity contribution in [1.29, 1.82) is 0 Å². The van der Waals surface area contributed by atoms with Crippen molar-refractivity contribution in [1.82, 2.24) is 19.9 Å². The highest BCUT2D eigenvalue weighted by molar-refractivity contribution is 5.09. The normalized spacial score (nSPS) is 9.56. The Morgan fingerprint density at radius 3 is 1.28 bits per heavy atom. The molecule has 0 aliphatic rings. The summed E-state index contributed by atoms with van der Waals surface area (Å²) >= 11 is 0. The molecule has 0 atom stereocenters. The smallest absolute Gasteiger partial charge is 0.0615 e. The highest BCUT2D eigenvalue weighted by Gasteiger charge is 1.97. The van der Waals surface area contributed by atoms with Gasteiger partial charge < -0.3 is 0 Å². The summed E-state index contributed by atoms with van der Waals surface area (Å²) in [5.41, 5.74) is 4.27. The monoisotopic (exact) mass is 244 g/mol. The summed E-state index contributed by atoms with van der Waals surface area (Å²) in [5, 5.41) is 0. The maximum absolute atomic E-state index is 4.21. The first-order valence-electron chi connectivity index (χ1n) is 6.22. The summed E-state index contributed by atoms with van der Waals surface area (Å²) in [6.07, 6.45) is 8.86. The summed E-state index contributed by atoms with van der Waals surface area (Å²) < 4.78 is 0. The summed E-state index contributed by atoms with van der Waals surface area (Å²) in [6.45, 7) is 8.09. The van der Waals surface area contributed by atoms with Gasteiger partial charge in [-0.3, -0.25) is 19.9 Å². The molecule has 0 spiro atoms. The SMILES string of the molecule is CCc1nccnc1CC.Cc1nccnc1C. The summed E-state index contributed by atoms with van der Waals surface area (Å²) in [4.78, 5) is 16.4. The zero-order valence-electron chi connectivity index (χ0n) is 11.5. The molecule has 4 nitrogen and oxygen atoms in total. The molecule has 4 heteroatoms. The topological polar surface area (TPSA) is 51.6 Å². The van der Waals surface area contributed by atoms with E-state index in [1.165, 1.54) is 0 Å². The lowest BCUT2D eigenvalue weighted by atomic mass is 10.2. The second-order valence-corrected chi connectivity index (χ2v) is 3.88. The maximum Gasteiger partial charge on any atom is 0.0615 e. The standard InChI is InChI=1S/C8H12N2.C6H8N2/c1-3-7-8(4-2)10-6-5-9-7;1-5-6(2)8-4-3-7-5/h5-6H,3-4H2,1-2H3;3-4H,1-2H3. The highest BCUT2D eigenvalue weighted by atomic mass is 14.8. The van der Waals surface area contributed by atoms with Gasteiger partial charge in [0, 0.05) is 24.8 Å². The summed E-state index contributed by atoms with van der Waals surface area (Å²) in [5.74, 6) is 0. The van der Waals surface area contributed by atoms with Gasteiger partial charge >= 0.3 is 0 Å². The van der Waals surface area contributed by atoms with Gasteiger partial charge in [-0.1, -0.05) is 13.8 Å². The molecule has 0 unspecified atom stereocenters. The van der Waals surface area contributed by atoms with E-state index in [2.05, 4.69) is 33.8 Å². The van der Waals surface area contributed by atoms with E-state index in [0.717, 1.165) is 35.6 Å². The lowest BCUT2D eigenvalue weighted by Gasteiger charge is -1.99. The Hall–Kier alpha value is -1.84. The number of hydrogen-bond acceptors (Lipinski definition) is 4. The third-order valence-electron chi connectivity index (χ3n) is 2.66. The fraction of sp³-hybridized carbons (Fsp3) is 0.429. The first-order chi connectivity index (χ1) is 8.69. The first-order valence-corrected chi connectivity index (χ1v) is 6.22. The van der Waals surface area contributed by atoms with Crippen LogP contribution in [0.2, 0.25) is 0 Å². The third kappa shape index (κ3) is 4.20. The van der Waals surface area contributed by atoms with Crippen LogP contribution in [-0.2, 0) is 12.8 Å². The van der Waals surface area contributed by atoms with Gasteiger partial charge in [-0.15, -0.1) is 0 Å². The average Bonchev–Trinajstić information content (AvgIpc) is 2.42. The summed E-state index contributed by atoms with van der Waals surface area (Å²) in [7, 11) is 0. The van der Waals surface area contributed by atoms with E-state index in [0.29, 0.717) is 0 Å². The van der Waals surface area contributed by atoms with Crippen molar-refractivity contribution in [2.75, 3.05) is 0 Å². The quantitative estimate of drug-likeness (QED) is 0.815. The predicted molar refractivity (Wildman–Crippen MR) is 72.3 cm³/mol. The average molecular weight is 244 g/mol. The molecule has 0 radical (unpaired) electrons. The molecule has 0 bridgehead atoms. The van der Waals surface area contributed by atoms with Crippen molar-refractivity contribution in [3.05, 3.63) is 47.6 Å². The largest absolute Gasteiger partial charge is 0.258 e. The molecular formula is C14H20N4. The first kappa shape index (κ1) is 14.2. The van der Waals surface area contributed by atoms with E-state index in [-0.39, 0.29) is 0 Å². The minimum Gasteiger partial charge on any atom is -0.258 e. The fourth-order valence-corrected chi connectivity index (χ4v) is 1.46. The molecule has 0 aliphatic carbocycles. The van der Waals surface area contributed by atoms with Crippen LogP contribution in [-0.4, -0.2) is 19.9 Å². The molecule has 2 aromatic rings. The van der Waals surface area contributed by atoms with Crippen LogP contribution in [0.25, 0.3) is 0 Å². The maximum atomic E-state index is 4.21. The van der Waals surface area contributed by atoms with Crippen LogP contribution in [0.1, 0.15) is 36.6 Å². The number of rotatable bonds is 2. The zero-order valence-corrected chi connectivity index (χ0v) is 11.5. The van der Waals surface area contributed by atoms with Crippen molar-refractivity contribution in [2.45, 2.75) is 40.5 Å². The van der Waals surface area contributed by atoms with Gasteiger partial charge in [0.25, 0.3) is 0 Å². The Kier molecular flexibility index (Phi) is 5.91. The molecule has 18 heavy (non-hydrogen) atoms. The van der Waals surface area contributed by atoms with Gasteiger partial charge in [0.05, 0.1) is 22.8 Å². The van der Waals surface area contributed by atoms with Crippen LogP contribution in [0.4, 0.5) is 0 Å². The lowest BCUT2D eigenvalue weighted by Crippen LogP contribution is -1.96. The summed E-state index contributed by atoms with van der Waals surface area (Å²) in [6, 6.07) is 0. The van der Waals surface area contributed by atoms with Crippen LogP contribution in [0.5, 0.6) is 0 Å². The predicted octanol–water partition coefficient (Wildman–Crippen LogP) is 2.69. The molecule has 2 rings (SSSR count). The Labute approximate surface area is 109 Å². The van der Waals surface area contributed by atoms with E-state index >= 15 is 0 Å². The highest BCUT2D eigenvalue weighted by Crippen LogP contribution is 2.01. The minimum atomic E-state index is 0.983. The molecule has 0 saturated carbocycles. The number of hydrogen-bond donors (Lipinski definition) is 0. The van der Waals surface area contributed by atoms with E-state index in [9.17, 15) is 0 Å². The molecule has 0 amide bonds. The van der Waals surface area contributed by atoms with E-state index in [1.807, 2.05) is 13.8 Å². The van der Waals surface area contributed by atoms with Crippen LogP contribution >= 0.6 is 0 Å². The van der Waals surface area contributed by atoms with E-state index in [1.54, 1.807) is 24.8 Å². The Morgan fingerprint density at radius 1 is 0.667 bits per heavy atom. The van der Waals surface area contributed by atoms with Gasteiger partial charge in [-0.25, -0.2) is 0 Å². The molecule has 2 aromatic heterocycles. The van der Waals surface area contributed by atoms with Crippen molar-refractivity contribution < 1.29 is 0 Å². The van der Waals surface area contributed by atoms with Gasteiger partial charge in [-0.2, -0.15) is 0 Å². The van der Waals surface area contributed by atoms with Crippen molar-refractivity contribution >= 4 is 0 Å². The third-order valence-corrected chi connectivity index (χ3v) is 2.66. The van der Waals surface area contributed by atoms with Crippen molar-refractivity contribution in [3.63, 3.8) is 0 Å². The van der Waals surface area contributed by atoms with Gasteiger partial charge in [0.2, 0.25) is 0 Å². The molecule has 2 heterocycles. The van der Waals surface area contributed by atoms with E-state index in [4.69, 9.17) is 0 Å². The molecule has 0 aromatic carbocycles. The van der Waals surface area contributed by atoms with Gasteiger partial charge in [0.15, 0.2) is 0 Å². The van der Waals surface area contributed by atoms with Crippen LogP contribution in [0.15, 0.2) is 24.8 Å². The second-order valence-electron chi connectivity index (χ2n) is 3.88. The molecule has 96 valence electrons. The number of nitrogens with zero attached hydrogens (tertiary/aromatic N) is 4. The molecule has 0 saturated heterocycles. The van der Waals surface area contributed by atoms with E-state index < -0.39 is 0 Å². The minimum absolute atomic E-state index is 0.983. The van der Waals surface area contributed by atoms with Crippen LogP contribution < -0.4 is 0 Å². The Bertz CT molecular complexity index is 439. The molecule has 0 fully saturated rings. The van der Waals surface area contributed by atoms with Crippen LogP contribution in [0.3, 0.4) is 0 Å².